The molecule has 0 atom stereocenters. The molecule has 0 spiro atoms. The van der Waals surface area contributed by atoms with E-state index in [1.165, 1.54) is 0 Å². The minimum absolute atomic E-state index is 0.0612. The summed E-state index contributed by atoms with van der Waals surface area (Å²) >= 11 is 0. The summed E-state index contributed by atoms with van der Waals surface area (Å²) < 4.78 is 0. The van der Waals surface area contributed by atoms with Gasteiger partial charge in [-0.05, 0) is 53.7 Å². The highest BCUT2D eigenvalue weighted by molar-refractivity contribution is 6.05. The lowest BCUT2D eigenvalue weighted by Gasteiger charge is -2.18. The van der Waals surface area contributed by atoms with Gasteiger partial charge in [0.2, 0.25) is 0 Å². The highest BCUT2D eigenvalue weighted by atomic mass is 16.7. The number of nitrogens with two attached hydrogens (primary N) is 1. The van der Waals surface area contributed by atoms with Crippen LogP contribution in [0.5, 0.6) is 0 Å². The summed E-state index contributed by atoms with van der Waals surface area (Å²) in [5.41, 5.74) is 13.2. The number of nitrogens with one attached hydrogen (secondary N) is 1. The van der Waals surface area contributed by atoms with Crippen LogP contribution in [0.2, 0.25) is 0 Å². The topological polar surface area (TPSA) is 97.0 Å². The van der Waals surface area contributed by atoms with Crippen molar-refractivity contribution in [2.45, 2.75) is 40.0 Å². The fraction of sp³-hybridized carbons (Fsp3) is 0.370. The average molecular weight is 461 g/mol. The van der Waals surface area contributed by atoms with Gasteiger partial charge in [0.15, 0.2) is 0 Å². The maximum absolute atomic E-state index is 12.6. The minimum Gasteiger partial charge on any atom is -0.387 e. The molecule has 4 rings (SSSR count). The van der Waals surface area contributed by atoms with Gasteiger partial charge in [-0.15, -0.1) is 0 Å². The van der Waals surface area contributed by atoms with Gasteiger partial charge in [-0.2, -0.15) is 0 Å². The SMILES string of the molecule is CC(C)(C)CONC(=O)C1=Cc2ccc(-c3ccc(C(=O)N4CCCC4)cc3)cc2N=C(N)C1. The third-order valence-electron chi connectivity index (χ3n) is 5.82. The number of nitrogens with zero attached hydrogens (tertiary/aromatic N) is 2. The van der Waals surface area contributed by atoms with E-state index in [4.69, 9.17) is 10.6 Å². The van der Waals surface area contributed by atoms with Crippen LogP contribution in [0.15, 0.2) is 53.0 Å². The van der Waals surface area contributed by atoms with Gasteiger partial charge in [0.25, 0.3) is 11.8 Å². The number of amidine groups is 1. The number of fused-ring (bicyclic) bond motifs is 1. The predicted octanol–water partition coefficient (Wildman–Crippen LogP) is 4.46. The van der Waals surface area contributed by atoms with Gasteiger partial charge >= 0.3 is 0 Å². The number of aliphatic imine (C=N–C) groups is 1. The number of benzene rings is 2. The van der Waals surface area contributed by atoms with Crippen LogP contribution in [0, 0.1) is 5.41 Å². The summed E-state index contributed by atoms with van der Waals surface area (Å²) in [6, 6.07) is 13.5. The summed E-state index contributed by atoms with van der Waals surface area (Å²) in [7, 11) is 0. The lowest BCUT2D eigenvalue weighted by atomic mass is 9.99. The number of hydrogen-bond donors (Lipinski definition) is 2. The second kappa shape index (κ2) is 9.81. The molecule has 0 saturated carbocycles. The molecule has 3 N–H and O–H groups in total. The van der Waals surface area contributed by atoms with E-state index < -0.39 is 0 Å². The lowest BCUT2D eigenvalue weighted by Crippen LogP contribution is -2.30. The second-order valence-corrected chi connectivity index (χ2v) is 10.1. The lowest BCUT2D eigenvalue weighted by molar-refractivity contribution is -0.131. The molecule has 2 heterocycles. The number of hydrogen-bond acceptors (Lipinski definition) is 5. The van der Waals surface area contributed by atoms with Gasteiger partial charge in [-0.25, -0.2) is 10.5 Å². The maximum Gasteiger partial charge on any atom is 0.271 e. The zero-order valence-corrected chi connectivity index (χ0v) is 20.1. The Hall–Kier alpha value is -3.45. The van der Waals surface area contributed by atoms with E-state index >= 15 is 0 Å². The molecule has 0 bridgehead atoms. The van der Waals surface area contributed by atoms with Crippen molar-refractivity contribution in [1.82, 2.24) is 10.4 Å². The second-order valence-electron chi connectivity index (χ2n) is 10.1. The Morgan fingerprint density at radius 1 is 1.06 bits per heavy atom. The summed E-state index contributed by atoms with van der Waals surface area (Å²) in [5.74, 6) is 0.128. The van der Waals surface area contributed by atoms with Gasteiger partial charge < -0.3 is 10.6 Å². The van der Waals surface area contributed by atoms with Crippen LogP contribution in [0.25, 0.3) is 17.2 Å². The molecule has 2 aromatic carbocycles. The summed E-state index contributed by atoms with van der Waals surface area (Å²) in [5, 5.41) is 0. The zero-order valence-electron chi connectivity index (χ0n) is 20.1. The molecule has 1 fully saturated rings. The van der Waals surface area contributed by atoms with Crippen molar-refractivity contribution in [1.29, 1.82) is 0 Å². The third kappa shape index (κ3) is 5.72. The Bertz CT molecular complexity index is 1140. The molecule has 178 valence electrons. The number of likely N-dealkylation sites (tertiary alicyclic amines) is 1. The van der Waals surface area contributed by atoms with Crippen molar-refractivity contribution in [3.05, 3.63) is 59.2 Å². The smallest absolute Gasteiger partial charge is 0.271 e. The molecule has 34 heavy (non-hydrogen) atoms. The highest BCUT2D eigenvalue weighted by Crippen LogP contribution is 2.32. The van der Waals surface area contributed by atoms with Crippen molar-refractivity contribution < 1.29 is 14.4 Å². The number of carbonyl (C=O) groups excluding carboxylic acids is 2. The van der Waals surface area contributed by atoms with Gasteiger partial charge in [0.1, 0.15) is 5.84 Å². The Morgan fingerprint density at radius 3 is 2.41 bits per heavy atom. The largest absolute Gasteiger partial charge is 0.387 e. The van der Waals surface area contributed by atoms with Crippen LogP contribution < -0.4 is 11.2 Å². The first-order valence-corrected chi connectivity index (χ1v) is 11.7. The number of amides is 2. The van der Waals surface area contributed by atoms with E-state index in [9.17, 15) is 9.59 Å². The van der Waals surface area contributed by atoms with Gasteiger partial charge in [-0.1, -0.05) is 45.0 Å². The van der Waals surface area contributed by atoms with E-state index in [0.717, 1.165) is 42.6 Å². The molecule has 0 unspecified atom stereocenters. The first-order valence-electron chi connectivity index (χ1n) is 11.7. The quantitative estimate of drug-likeness (QED) is 0.644. The van der Waals surface area contributed by atoms with Crippen molar-refractivity contribution >= 4 is 29.4 Å². The van der Waals surface area contributed by atoms with Crippen LogP contribution in [0.1, 0.15) is 56.0 Å². The molecule has 2 aliphatic rings. The third-order valence-corrected chi connectivity index (χ3v) is 5.82. The number of rotatable bonds is 5. The van der Waals surface area contributed by atoms with E-state index in [-0.39, 0.29) is 23.7 Å². The molecule has 7 heteroatoms. The van der Waals surface area contributed by atoms with Crippen LogP contribution in [-0.4, -0.2) is 42.2 Å². The van der Waals surface area contributed by atoms with Crippen LogP contribution >= 0.6 is 0 Å². The average Bonchev–Trinajstić information content (AvgIpc) is 3.27. The normalized spacial score (nSPS) is 15.8. The van der Waals surface area contributed by atoms with Crippen molar-refractivity contribution in [2.75, 3.05) is 19.7 Å². The molecular weight excluding hydrogens is 428 g/mol. The molecule has 2 amide bonds. The Labute approximate surface area is 200 Å². The van der Waals surface area contributed by atoms with E-state index in [1.54, 1.807) is 6.08 Å². The zero-order chi connectivity index (χ0) is 24.3. The minimum atomic E-state index is -0.322. The maximum atomic E-state index is 12.6. The van der Waals surface area contributed by atoms with Gasteiger partial charge in [-0.3, -0.25) is 14.4 Å². The van der Waals surface area contributed by atoms with E-state index in [1.807, 2.05) is 68.1 Å². The molecule has 2 aliphatic heterocycles. The molecule has 0 radical (unpaired) electrons. The predicted molar refractivity (Wildman–Crippen MR) is 134 cm³/mol. The first kappa shape index (κ1) is 23.7. The Kier molecular flexibility index (Phi) is 6.84. The summed E-state index contributed by atoms with van der Waals surface area (Å²) in [4.78, 5) is 37.0. The summed E-state index contributed by atoms with van der Waals surface area (Å²) in [6.45, 7) is 8.16. The fourth-order valence-corrected chi connectivity index (χ4v) is 4.01. The highest BCUT2D eigenvalue weighted by Gasteiger charge is 2.20. The Balaban J connectivity index is 1.52. The molecule has 0 aromatic heterocycles. The van der Waals surface area contributed by atoms with E-state index in [0.29, 0.717) is 29.3 Å². The standard InChI is InChI=1S/C27H32N4O3/c1-27(2,3)17-34-30-25(32)22-14-21-11-10-20(15-23(21)29-24(28)16-22)18-6-8-19(9-7-18)26(33)31-12-4-5-13-31/h6-11,14-15H,4-5,12-13,16-17H2,1-3H3,(H2,28,29)(H,30,32). The molecular formula is C27H32N4O3. The summed E-state index contributed by atoms with van der Waals surface area (Å²) in [6.07, 6.45) is 4.19. The van der Waals surface area contributed by atoms with Crippen molar-refractivity contribution in [2.24, 2.45) is 16.1 Å². The van der Waals surface area contributed by atoms with Gasteiger partial charge in [0, 0.05) is 36.2 Å². The molecule has 7 nitrogen and oxygen atoms in total. The fourth-order valence-electron chi connectivity index (χ4n) is 4.01. The Morgan fingerprint density at radius 2 is 1.74 bits per heavy atom. The van der Waals surface area contributed by atoms with E-state index in [2.05, 4.69) is 10.5 Å². The van der Waals surface area contributed by atoms with Crippen molar-refractivity contribution in [3.8, 4) is 11.1 Å². The van der Waals surface area contributed by atoms with Crippen LogP contribution in [-0.2, 0) is 9.63 Å². The molecule has 2 aromatic rings. The molecule has 1 saturated heterocycles. The first-order chi connectivity index (χ1) is 16.2. The van der Waals surface area contributed by atoms with Crippen LogP contribution in [0.4, 0.5) is 5.69 Å². The number of hydroxylamine groups is 1. The monoisotopic (exact) mass is 460 g/mol. The molecule has 0 aliphatic carbocycles. The number of carbonyl (C=O) groups is 2. The van der Waals surface area contributed by atoms with Crippen molar-refractivity contribution in [3.63, 3.8) is 0 Å². The van der Waals surface area contributed by atoms with Gasteiger partial charge in [0.05, 0.1) is 12.3 Å². The van der Waals surface area contributed by atoms with Crippen LogP contribution in [0.3, 0.4) is 0 Å².